The molecule has 1 aliphatic carbocycles. The first-order valence-corrected chi connectivity index (χ1v) is 16.3. The molecule has 3 heteroatoms. The molecule has 0 aliphatic heterocycles. The molecular formula is C43H31Cl2Zr-. The van der Waals surface area contributed by atoms with Crippen LogP contribution in [0.1, 0.15) is 23.1 Å². The molecule has 0 aromatic heterocycles. The summed E-state index contributed by atoms with van der Waals surface area (Å²) in [6.45, 7) is 0. The maximum absolute atomic E-state index is 2.41. The third-order valence-electron chi connectivity index (χ3n) is 8.29. The first kappa shape index (κ1) is 33.4. The van der Waals surface area contributed by atoms with Gasteiger partial charge in [-0.15, -0.1) is 28.3 Å². The van der Waals surface area contributed by atoms with Crippen LogP contribution < -0.4 is 24.8 Å². The zero-order valence-corrected chi connectivity index (χ0v) is 29.2. The van der Waals surface area contributed by atoms with E-state index in [9.17, 15) is 0 Å². The molecule has 7 aromatic carbocycles. The second-order valence-corrected chi connectivity index (χ2v) is 12.3. The molecule has 0 fully saturated rings. The second-order valence-electron chi connectivity index (χ2n) is 11.0. The third kappa shape index (κ3) is 6.89. The van der Waals surface area contributed by atoms with Crippen molar-refractivity contribution >= 4 is 30.3 Å². The van der Waals surface area contributed by atoms with Gasteiger partial charge in [0.05, 0.1) is 0 Å². The summed E-state index contributed by atoms with van der Waals surface area (Å²) in [6, 6.07) is 56.3. The zero-order valence-electron chi connectivity index (χ0n) is 25.2. The fraction of sp³-hybridized carbons (Fsp3) is 0.0233. The average Bonchev–Trinajstić information content (AvgIpc) is 3.78. The molecule has 0 nitrogen and oxygen atoms in total. The summed E-state index contributed by atoms with van der Waals surface area (Å²) in [4.78, 5) is 0. The summed E-state index contributed by atoms with van der Waals surface area (Å²) >= 11 is 1.46. The summed E-state index contributed by atoms with van der Waals surface area (Å²) in [5, 5.41) is 5.35. The Hall–Kier alpha value is -4.00. The Morgan fingerprint density at radius 1 is 0.565 bits per heavy atom. The Morgan fingerprint density at radius 3 is 1.65 bits per heavy atom. The number of fused-ring (bicyclic) bond motifs is 3. The number of halogens is 2. The molecule has 0 unspecified atom stereocenters. The summed E-state index contributed by atoms with van der Waals surface area (Å²) in [7, 11) is 0. The molecule has 0 N–H and O–H groups in total. The standard InChI is InChI=1S/C30H21.C13H10.2ClH.Zr/c1-3-11-22(12-4-1)27-20-26(21-13-7-8-14-21)28-19-24-17-9-10-18-25(24)30(28)29(27)23-15-5-2-6-16-23;1-3-7-12(8-4-1)11-13-9-5-2-6-10-13;;;/h1-13,15-20H,14H2;1-10H;2*1H;/q-1;;;;+2/p-2. The van der Waals surface area contributed by atoms with Crippen molar-refractivity contribution in [1.29, 1.82) is 0 Å². The van der Waals surface area contributed by atoms with Crippen LogP contribution in [-0.4, -0.2) is 3.21 Å². The summed E-state index contributed by atoms with van der Waals surface area (Å²) in [5.74, 6) is 0. The van der Waals surface area contributed by atoms with E-state index in [-0.39, 0.29) is 24.8 Å². The van der Waals surface area contributed by atoms with E-state index in [1.807, 2.05) is 0 Å². The number of benzene rings is 6. The SMILES string of the molecule is C1=CCC(c2cc(-c3ccccc3)c(-c3ccccc3)c3c2[cH-]c2ccccc23)=C1.[Cl-].[Cl-].[Zr+2]=[C](c1ccccc1)c1ccccc1. The van der Waals surface area contributed by atoms with Crippen LogP contribution in [0.2, 0.25) is 0 Å². The molecule has 0 atom stereocenters. The molecular weight excluding hydrogens is 679 g/mol. The molecule has 8 rings (SSSR count). The van der Waals surface area contributed by atoms with E-state index >= 15 is 0 Å². The van der Waals surface area contributed by atoms with Crippen molar-refractivity contribution in [3.8, 4) is 22.3 Å². The Balaban J connectivity index is 0.000000221. The van der Waals surface area contributed by atoms with Crippen LogP contribution in [0.15, 0.2) is 176 Å². The topological polar surface area (TPSA) is 0 Å². The maximum atomic E-state index is 2.41. The predicted molar refractivity (Wildman–Crippen MR) is 186 cm³/mol. The molecule has 46 heavy (non-hydrogen) atoms. The monoisotopic (exact) mass is 707 g/mol. The molecule has 0 saturated carbocycles. The molecule has 0 radical (unpaired) electrons. The van der Waals surface area contributed by atoms with E-state index in [4.69, 9.17) is 0 Å². The van der Waals surface area contributed by atoms with Gasteiger partial charge in [0.15, 0.2) is 0 Å². The average molecular weight is 710 g/mol. The molecule has 0 bridgehead atoms. The van der Waals surface area contributed by atoms with Gasteiger partial charge in [-0.25, -0.2) is 0 Å². The first-order chi connectivity index (χ1) is 21.8. The molecule has 1 aliphatic rings. The Labute approximate surface area is 298 Å². The quantitative estimate of drug-likeness (QED) is 0.216. The molecule has 0 saturated heterocycles. The van der Waals surface area contributed by atoms with Gasteiger partial charge < -0.3 is 24.8 Å². The number of hydrogen-bond acceptors (Lipinski definition) is 0. The van der Waals surface area contributed by atoms with E-state index in [2.05, 4.69) is 176 Å². The van der Waals surface area contributed by atoms with Crippen LogP contribution in [0.3, 0.4) is 0 Å². The normalized spacial score (nSPS) is 11.7. The van der Waals surface area contributed by atoms with Crippen LogP contribution in [0.4, 0.5) is 0 Å². The number of rotatable bonds is 5. The van der Waals surface area contributed by atoms with Gasteiger partial charge in [-0.2, -0.15) is 0 Å². The number of allylic oxidation sites excluding steroid dienone is 4. The van der Waals surface area contributed by atoms with Gasteiger partial charge in [0.2, 0.25) is 0 Å². The molecule has 0 amide bonds. The van der Waals surface area contributed by atoms with Crippen molar-refractivity contribution < 1.29 is 49.0 Å². The van der Waals surface area contributed by atoms with Gasteiger partial charge in [0.25, 0.3) is 0 Å². The Kier molecular flexibility index (Phi) is 11.3. The van der Waals surface area contributed by atoms with Gasteiger partial charge in [0, 0.05) is 0 Å². The van der Waals surface area contributed by atoms with E-state index in [1.165, 1.54) is 93.5 Å². The van der Waals surface area contributed by atoms with Crippen molar-refractivity contribution in [1.82, 2.24) is 0 Å². The zero-order chi connectivity index (χ0) is 29.7. The minimum absolute atomic E-state index is 0. The van der Waals surface area contributed by atoms with Crippen molar-refractivity contribution in [2.75, 3.05) is 0 Å². The molecule has 222 valence electrons. The fourth-order valence-electron chi connectivity index (χ4n) is 6.17. The van der Waals surface area contributed by atoms with Gasteiger partial charge in [-0.1, -0.05) is 120 Å². The summed E-state index contributed by atoms with van der Waals surface area (Å²) in [5.41, 5.74) is 10.6. The van der Waals surface area contributed by atoms with Crippen LogP contribution in [-0.2, 0) is 24.2 Å². The van der Waals surface area contributed by atoms with Crippen molar-refractivity contribution in [3.63, 3.8) is 0 Å². The molecule has 0 spiro atoms. The van der Waals surface area contributed by atoms with E-state index in [1.54, 1.807) is 0 Å². The van der Waals surface area contributed by atoms with Crippen molar-refractivity contribution in [2.45, 2.75) is 6.42 Å². The van der Waals surface area contributed by atoms with Crippen LogP contribution in [0.25, 0.3) is 49.4 Å². The summed E-state index contributed by atoms with van der Waals surface area (Å²) in [6.07, 6.45) is 7.69. The van der Waals surface area contributed by atoms with E-state index in [0.717, 1.165) is 6.42 Å². The Bertz CT molecular complexity index is 2080. The van der Waals surface area contributed by atoms with Crippen LogP contribution in [0.5, 0.6) is 0 Å². The van der Waals surface area contributed by atoms with E-state index in [0.29, 0.717) is 0 Å². The Morgan fingerprint density at radius 2 is 1.09 bits per heavy atom. The summed E-state index contributed by atoms with van der Waals surface area (Å²) < 4.78 is 1.42. The van der Waals surface area contributed by atoms with E-state index < -0.39 is 0 Å². The van der Waals surface area contributed by atoms with Crippen LogP contribution >= 0.6 is 0 Å². The second kappa shape index (κ2) is 15.5. The van der Waals surface area contributed by atoms with Gasteiger partial charge in [-0.05, 0) is 28.7 Å². The molecule has 7 aromatic rings. The van der Waals surface area contributed by atoms with Gasteiger partial charge >= 0.3 is 99.2 Å². The fourth-order valence-corrected chi connectivity index (χ4v) is 6.99. The minimum atomic E-state index is 0. The predicted octanol–water partition coefficient (Wildman–Crippen LogP) is 5.20. The number of hydrogen-bond donors (Lipinski definition) is 0. The van der Waals surface area contributed by atoms with Gasteiger partial charge in [0.1, 0.15) is 0 Å². The first-order valence-electron chi connectivity index (χ1n) is 15.1. The van der Waals surface area contributed by atoms with Crippen molar-refractivity contribution in [3.05, 3.63) is 193 Å². The molecule has 0 heterocycles. The van der Waals surface area contributed by atoms with Crippen molar-refractivity contribution in [2.24, 2.45) is 0 Å². The van der Waals surface area contributed by atoms with Gasteiger partial charge in [-0.3, -0.25) is 0 Å². The third-order valence-corrected chi connectivity index (χ3v) is 9.71. The van der Waals surface area contributed by atoms with Crippen LogP contribution in [0, 0.1) is 0 Å².